The van der Waals surface area contributed by atoms with Gasteiger partial charge in [0.15, 0.2) is 0 Å². The van der Waals surface area contributed by atoms with Gasteiger partial charge in [-0.1, -0.05) is 6.92 Å². The van der Waals surface area contributed by atoms with E-state index in [4.69, 9.17) is 4.74 Å². The normalized spacial score (nSPS) is 21.5. The second kappa shape index (κ2) is 8.90. The second-order valence-electron chi connectivity index (χ2n) is 5.39. The third-order valence-corrected chi connectivity index (χ3v) is 3.37. The van der Waals surface area contributed by atoms with E-state index in [0.29, 0.717) is 6.10 Å². The Morgan fingerprint density at radius 3 is 2.88 bits per heavy atom. The van der Waals surface area contributed by atoms with E-state index in [1.807, 2.05) is 0 Å². The van der Waals surface area contributed by atoms with E-state index >= 15 is 0 Å². The minimum absolute atomic E-state index is 0.381. The fourth-order valence-electron chi connectivity index (χ4n) is 2.39. The average Bonchev–Trinajstić information content (AvgIpc) is 2.73. The Labute approximate surface area is 107 Å². The number of hydrogen-bond acceptors (Lipinski definition) is 3. The van der Waals surface area contributed by atoms with Crippen molar-refractivity contribution in [2.24, 2.45) is 5.92 Å². The summed E-state index contributed by atoms with van der Waals surface area (Å²) in [5.41, 5.74) is 0. The van der Waals surface area contributed by atoms with Gasteiger partial charge < -0.3 is 15.0 Å². The fourth-order valence-corrected chi connectivity index (χ4v) is 2.39. The summed E-state index contributed by atoms with van der Waals surface area (Å²) >= 11 is 0. The van der Waals surface area contributed by atoms with Crippen LogP contribution in [-0.4, -0.2) is 50.3 Å². The van der Waals surface area contributed by atoms with Gasteiger partial charge >= 0.3 is 0 Å². The molecule has 1 heterocycles. The third-order valence-electron chi connectivity index (χ3n) is 3.37. The third kappa shape index (κ3) is 7.02. The van der Waals surface area contributed by atoms with Gasteiger partial charge in [-0.05, 0) is 65.2 Å². The number of rotatable bonds is 9. The van der Waals surface area contributed by atoms with Crippen molar-refractivity contribution >= 4 is 0 Å². The maximum atomic E-state index is 5.55. The monoisotopic (exact) mass is 242 g/mol. The first-order chi connectivity index (χ1) is 8.22. The van der Waals surface area contributed by atoms with Gasteiger partial charge in [0.2, 0.25) is 0 Å². The molecule has 0 saturated carbocycles. The lowest BCUT2D eigenvalue weighted by atomic mass is 10.1. The van der Waals surface area contributed by atoms with Crippen LogP contribution in [0.5, 0.6) is 0 Å². The molecule has 1 N–H and O–H groups in total. The van der Waals surface area contributed by atoms with Crippen LogP contribution in [0.2, 0.25) is 0 Å². The molecule has 1 fully saturated rings. The molecule has 102 valence electrons. The Bertz CT molecular complexity index is 185. The van der Waals surface area contributed by atoms with Crippen molar-refractivity contribution < 1.29 is 4.74 Å². The van der Waals surface area contributed by atoms with E-state index in [1.165, 1.54) is 45.4 Å². The number of unbranched alkanes of at least 4 members (excludes halogenated alkanes) is 1. The molecule has 0 radical (unpaired) electrons. The van der Waals surface area contributed by atoms with Gasteiger partial charge in [-0.25, -0.2) is 0 Å². The highest BCUT2D eigenvalue weighted by Crippen LogP contribution is 2.15. The molecule has 3 heteroatoms. The molecule has 17 heavy (non-hydrogen) atoms. The number of nitrogens with zero attached hydrogens (tertiary/aromatic N) is 1. The molecule has 1 saturated heterocycles. The van der Waals surface area contributed by atoms with Gasteiger partial charge in [0.25, 0.3) is 0 Å². The lowest BCUT2D eigenvalue weighted by molar-refractivity contribution is 0.0746. The van der Waals surface area contributed by atoms with Crippen LogP contribution in [0.1, 0.15) is 40.0 Å². The predicted molar refractivity (Wildman–Crippen MR) is 73.4 cm³/mol. The molecule has 0 aliphatic carbocycles. The quantitative estimate of drug-likeness (QED) is 0.627. The van der Waals surface area contributed by atoms with Gasteiger partial charge in [0.1, 0.15) is 0 Å². The number of likely N-dealkylation sites (tertiary alicyclic amines) is 1. The zero-order chi connectivity index (χ0) is 12.5. The van der Waals surface area contributed by atoms with E-state index in [1.54, 1.807) is 0 Å². The molecule has 1 aliphatic rings. The highest BCUT2D eigenvalue weighted by atomic mass is 16.5. The van der Waals surface area contributed by atoms with Gasteiger partial charge in [0.05, 0.1) is 6.10 Å². The van der Waals surface area contributed by atoms with E-state index in [2.05, 4.69) is 31.0 Å². The topological polar surface area (TPSA) is 24.5 Å². The van der Waals surface area contributed by atoms with Crippen molar-refractivity contribution in [3.8, 4) is 0 Å². The molecule has 0 spiro atoms. The van der Waals surface area contributed by atoms with Crippen LogP contribution in [0.25, 0.3) is 0 Å². The molecule has 0 aromatic carbocycles. The summed E-state index contributed by atoms with van der Waals surface area (Å²) in [5, 5.41) is 3.45. The predicted octanol–water partition coefficient (Wildman–Crippen LogP) is 2.12. The fraction of sp³-hybridized carbons (Fsp3) is 1.00. The Hall–Kier alpha value is -0.120. The Kier molecular flexibility index (Phi) is 7.82. The lowest BCUT2D eigenvalue weighted by Crippen LogP contribution is -2.27. The van der Waals surface area contributed by atoms with Crippen molar-refractivity contribution in [3.05, 3.63) is 0 Å². The molecule has 0 bridgehead atoms. The molecular formula is C14H30N2O. The number of hydrogen-bond donors (Lipinski definition) is 1. The smallest absolute Gasteiger partial charge is 0.0518 e. The van der Waals surface area contributed by atoms with Crippen LogP contribution in [0.4, 0.5) is 0 Å². The molecule has 0 aromatic heterocycles. The van der Waals surface area contributed by atoms with Gasteiger partial charge in [-0.2, -0.15) is 0 Å². The van der Waals surface area contributed by atoms with Crippen molar-refractivity contribution in [2.45, 2.75) is 46.1 Å². The number of ether oxygens (including phenoxy) is 1. The Balaban J connectivity index is 1.94. The van der Waals surface area contributed by atoms with E-state index < -0.39 is 0 Å². The zero-order valence-corrected chi connectivity index (χ0v) is 11.9. The lowest BCUT2D eigenvalue weighted by Gasteiger charge is -2.16. The van der Waals surface area contributed by atoms with Crippen molar-refractivity contribution in [3.63, 3.8) is 0 Å². The van der Waals surface area contributed by atoms with Crippen LogP contribution in [0.15, 0.2) is 0 Å². The summed E-state index contributed by atoms with van der Waals surface area (Å²) in [6.07, 6.45) is 4.23. The standard InChI is InChI=1S/C14H30N2O/c1-4-15-11-14-7-9-16(12-14)8-5-6-10-17-13(2)3/h13-15H,4-12H2,1-3H3. The van der Waals surface area contributed by atoms with Crippen LogP contribution >= 0.6 is 0 Å². The summed E-state index contributed by atoms with van der Waals surface area (Å²) in [6, 6.07) is 0. The van der Waals surface area contributed by atoms with Crippen LogP contribution < -0.4 is 5.32 Å². The summed E-state index contributed by atoms with van der Waals surface area (Å²) < 4.78 is 5.55. The molecule has 1 rings (SSSR count). The Morgan fingerprint density at radius 2 is 2.18 bits per heavy atom. The first-order valence-electron chi connectivity index (χ1n) is 7.27. The maximum Gasteiger partial charge on any atom is 0.0518 e. The zero-order valence-electron chi connectivity index (χ0n) is 11.9. The molecule has 0 amide bonds. The average molecular weight is 242 g/mol. The van der Waals surface area contributed by atoms with Crippen LogP contribution in [0, 0.1) is 5.92 Å². The molecule has 1 unspecified atom stereocenters. The van der Waals surface area contributed by atoms with Gasteiger partial charge in [-0.3, -0.25) is 0 Å². The molecular weight excluding hydrogens is 212 g/mol. The van der Waals surface area contributed by atoms with Gasteiger partial charge in [0, 0.05) is 13.2 Å². The van der Waals surface area contributed by atoms with Crippen LogP contribution in [-0.2, 0) is 4.74 Å². The van der Waals surface area contributed by atoms with Crippen molar-refractivity contribution in [2.75, 3.05) is 39.3 Å². The molecule has 1 atom stereocenters. The Morgan fingerprint density at radius 1 is 1.35 bits per heavy atom. The highest BCUT2D eigenvalue weighted by Gasteiger charge is 2.20. The SMILES string of the molecule is CCNCC1CCN(CCCCOC(C)C)C1. The largest absolute Gasteiger partial charge is 0.379 e. The van der Waals surface area contributed by atoms with Crippen molar-refractivity contribution in [1.29, 1.82) is 0 Å². The summed E-state index contributed by atoms with van der Waals surface area (Å²) in [4.78, 5) is 2.61. The van der Waals surface area contributed by atoms with Crippen LogP contribution in [0.3, 0.4) is 0 Å². The summed E-state index contributed by atoms with van der Waals surface area (Å²) in [6.45, 7) is 13.4. The molecule has 3 nitrogen and oxygen atoms in total. The summed E-state index contributed by atoms with van der Waals surface area (Å²) in [7, 11) is 0. The minimum atomic E-state index is 0.381. The van der Waals surface area contributed by atoms with Gasteiger partial charge in [-0.15, -0.1) is 0 Å². The minimum Gasteiger partial charge on any atom is -0.379 e. The molecule has 1 aliphatic heterocycles. The van der Waals surface area contributed by atoms with E-state index in [-0.39, 0.29) is 0 Å². The maximum absolute atomic E-state index is 5.55. The van der Waals surface area contributed by atoms with E-state index in [0.717, 1.165) is 19.1 Å². The first kappa shape index (κ1) is 14.9. The molecule has 0 aromatic rings. The first-order valence-corrected chi connectivity index (χ1v) is 7.27. The highest BCUT2D eigenvalue weighted by molar-refractivity contribution is 4.76. The summed E-state index contributed by atoms with van der Waals surface area (Å²) in [5.74, 6) is 0.877. The number of nitrogens with one attached hydrogen (secondary N) is 1. The van der Waals surface area contributed by atoms with Crippen molar-refractivity contribution in [1.82, 2.24) is 10.2 Å². The second-order valence-corrected chi connectivity index (χ2v) is 5.39. The van der Waals surface area contributed by atoms with E-state index in [9.17, 15) is 0 Å².